The Morgan fingerprint density at radius 3 is 3.00 bits per heavy atom. The lowest BCUT2D eigenvalue weighted by Crippen LogP contribution is -2.51. The van der Waals surface area contributed by atoms with Gasteiger partial charge in [0, 0.05) is 24.4 Å². The van der Waals surface area contributed by atoms with E-state index in [9.17, 15) is 9.59 Å². The molecule has 2 fully saturated rings. The molecule has 0 aromatic carbocycles. The summed E-state index contributed by atoms with van der Waals surface area (Å²) in [6.45, 7) is 4.48. The van der Waals surface area contributed by atoms with Crippen LogP contribution in [0.15, 0.2) is 17.5 Å². The fourth-order valence-corrected chi connectivity index (χ4v) is 4.15. The van der Waals surface area contributed by atoms with Crippen LogP contribution in [0.3, 0.4) is 0 Å². The van der Waals surface area contributed by atoms with Crippen molar-refractivity contribution in [1.82, 2.24) is 9.80 Å². The molecule has 0 N–H and O–H groups in total. The van der Waals surface area contributed by atoms with Gasteiger partial charge in [0.1, 0.15) is 12.1 Å². The highest BCUT2D eigenvalue weighted by molar-refractivity contribution is 7.10. The molecule has 2 aliphatic rings. The lowest BCUT2D eigenvalue weighted by molar-refractivity contribution is -0.148. The summed E-state index contributed by atoms with van der Waals surface area (Å²) in [5.74, 6) is 0.211. The molecule has 2 atom stereocenters. The van der Waals surface area contributed by atoms with Gasteiger partial charge in [-0.05, 0) is 30.7 Å². The number of hydrogen-bond acceptors (Lipinski definition) is 4. The van der Waals surface area contributed by atoms with Gasteiger partial charge in [-0.1, -0.05) is 13.0 Å². The Bertz CT molecular complexity index is 546. The summed E-state index contributed by atoms with van der Waals surface area (Å²) in [6.07, 6.45) is 3.03. The van der Waals surface area contributed by atoms with E-state index < -0.39 is 0 Å². The van der Waals surface area contributed by atoms with E-state index in [-0.39, 0.29) is 24.0 Å². The second kappa shape index (κ2) is 7.45. The number of rotatable bonds is 4. The van der Waals surface area contributed by atoms with E-state index in [1.165, 1.54) is 0 Å². The van der Waals surface area contributed by atoms with Crippen LogP contribution in [0.2, 0.25) is 0 Å². The normalized spacial score (nSPS) is 24.9. The van der Waals surface area contributed by atoms with Crippen molar-refractivity contribution in [1.29, 1.82) is 0 Å². The summed E-state index contributed by atoms with van der Waals surface area (Å²) in [4.78, 5) is 30.0. The molecule has 0 radical (unpaired) electrons. The second-order valence-corrected chi connectivity index (χ2v) is 7.13. The van der Waals surface area contributed by atoms with Crippen LogP contribution < -0.4 is 0 Å². The van der Waals surface area contributed by atoms with E-state index >= 15 is 0 Å². The molecule has 0 spiro atoms. The van der Waals surface area contributed by atoms with Crippen molar-refractivity contribution in [3.8, 4) is 0 Å². The molecule has 3 heterocycles. The van der Waals surface area contributed by atoms with Gasteiger partial charge in [0.25, 0.3) is 0 Å². The van der Waals surface area contributed by atoms with Gasteiger partial charge in [0.05, 0.1) is 13.2 Å². The molecular weight excluding hydrogens is 312 g/mol. The number of carbonyl (C=O) groups is 2. The first-order valence-electron chi connectivity index (χ1n) is 8.44. The van der Waals surface area contributed by atoms with Gasteiger partial charge in [-0.25, -0.2) is 0 Å². The average molecular weight is 336 g/mol. The average Bonchev–Trinajstić information content (AvgIpc) is 3.26. The van der Waals surface area contributed by atoms with Crippen LogP contribution in [0.1, 0.15) is 43.6 Å². The minimum absolute atomic E-state index is 0.0334. The van der Waals surface area contributed by atoms with Crippen LogP contribution in [-0.2, 0) is 14.3 Å². The predicted molar refractivity (Wildman–Crippen MR) is 89.2 cm³/mol. The van der Waals surface area contributed by atoms with Gasteiger partial charge >= 0.3 is 0 Å². The van der Waals surface area contributed by atoms with E-state index in [1.807, 2.05) is 23.3 Å². The van der Waals surface area contributed by atoms with E-state index in [4.69, 9.17) is 4.74 Å². The summed E-state index contributed by atoms with van der Waals surface area (Å²) in [7, 11) is 0. The third kappa shape index (κ3) is 3.58. The molecule has 0 bridgehead atoms. The van der Waals surface area contributed by atoms with Crippen molar-refractivity contribution in [3.05, 3.63) is 22.4 Å². The molecule has 0 saturated carbocycles. The number of amides is 2. The standard InChI is InChI=1S/C17H24N2O3S/c1-2-5-16(20)19-8-3-6-13(19)17(21)18-9-10-22-14(12-18)15-7-4-11-23-15/h4,7,11,13-14H,2-3,5-6,8-10,12H2,1H3. The predicted octanol–water partition coefficient (Wildman–Crippen LogP) is 2.44. The number of thiophene rings is 1. The van der Waals surface area contributed by atoms with Crippen molar-refractivity contribution in [2.24, 2.45) is 0 Å². The summed E-state index contributed by atoms with van der Waals surface area (Å²) in [6, 6.07) is 3.79. The SMILES string of the molecule is CCCC(=O)N1CCCC1C(=O)N1CCOC(c2cccs2)C1. The Balaban J connectivity index is 1.66. The van der Waals surface area contributed by atoms with Crippen LogP contribution in [-0.4, -0.2) is 53.9 Å². The molecule has 6 heteroatoms. The summed E-state index contributed by atoms with van der Waals surface area (Å²) >= 11 is 1.66. The first-order valence-corrected chi connectivity index (χ1v) is 9.32. The maximum absolute atomic E-state index is 12.9. The van der Waals surface area contributed by atoms with E-state index in [2.05, 4.69) is 6.07 Å². The molecular formula is C17H24N2O3S. The zero-order chi connectivity index (χ0) is 16.2. The van der Waals surface area contributed by atoms with Crippen LogP contribution in [0.25, 0.3) is 0 Å². The zero-order valence-electron chi connectivity index (χ0n) is 13.6. The van der Waals surface area contributed by atoms with Crippen LogP contribution in [0.4, 0.5) is 0 Å². The molecule has 2 aliphatic heterocycles. The topological polar surface area (TPSA) is 49.9 Å². The van der Waals surface area contributed by atoms with Crippen LogP contribution in [0.5, 0.6) is 0 Å². The van der Waals surface area contributed by atoms with Crippen molar-refractivity contribution < 1.29 is 14.3 Å². The maximum Gasteiger partial charge on any atom is 0.245 e. The van der Waals surface area contributed by atoms with E-state index in [0.717, 1.165) is 24.1 Å². The summed E-state index contributed by atoms with van der Waals surface area (Å²) in [5.41, 5.74) is 0. The highest BCUT2D eigenvalue weighted by atomic mass is 32.1. The Kier molecular flexibility index (Phi) is 5.33. The molecule has 23 heavy (non-hydrogen) atoms. The lowest BCUT2D eigenvalue weighted by Gasteiger charge is -2.36. The van der Waals surface area contributed by atoms with Crippen LogP contribution >= 0.6 is 11.3 Å². The van der Waals surface area contributed by atoms with Gasteiger partial charge in [-0.15, -0.1) is 11.3 Å². The fraction of sp³-hybridized carbons (Fsp3) is 0.647. The number of nitrogens with zero attached hydrogens (tertiary/aromatic N) is 2. The molecule has 1 aromatic heterocycles. The monoisotopic (exact) mass is 336 g/mol. The van der Waals surface area contributed by atoms with E-state index in [1.54, 1.807) is 16.2 Å². The number of carbonyl (C=O) groups excluding carboxylic acids is 2. The smallest absolute Gasteiger partial charge is 0.245 e. The van der Waals surface area contributed by atoms with Crippen molar-refractivity contribution in [2.45, 2.75) is 44.8 Å². The van der Waals surface area contributed by atoms with Gasteiger partial charge in [0.2, 0.25) is 11.8 Å². The molecule has 2 unspecified atom stereocenters. The van der Waals surface area contributed by atoms with Crippen molar-refractivity contribution >= 4 is 23.2 Å². The summed E-state index contributed by atoms with van der Waals surface area (Å²) in [5, 5.41) is 2.03. The summed E-state index contributed by atoms with van der Waals surface area (Å²) < 4.78 is 5.81. The third-order valence-electron chi connectivity index (χ3n) is 4.56. The molecule has 1 aromatic rings. The number of hydrogen-bond donors (Lipinski definition) is 0. The Hall–Kier alpha value is -1.40. The molecule has 0 aliphatic carbocycles. The lowest BCUT2D eigenvalue weighted by atomic mass is 10.1. The Labute approximate surface area is 141 Å². The third-order valence-corrected chi connectivity index (χ3v) is 5.53. The van der Waals surface area contributed by atoms with Gasteiger partial charge in [-0.3, -0.25) is 9.59 Å². The molecule has 5 nitrogen and oxygen atoms in total. The van der Waals surface area contributed by atoms with Crippen molar-refractivity contribution in [3.63, 3.8) is 0 Å². The van der Waals surface area contributed by atoms with Gasteiger partial charge < -0.3 is 14.5 Å². The molecule has 2 saturated heterocycles. The Morgan fingerprint density at radius 1 is 1.39 bits per heavy atom. The van der Waals surface area contributed by atoms with E-state index in [0.29, 0.717) is 32.7 Å². The van der Waals surface area contributed by atoms with Gasteiger partial charge in [-0.2, -0.15) is 0 Å². The van der Waals surface area contributed by atoms with Gasteiger partial charge in [0.15, 0.2) is 0 Å². The molecule has 3 rings (SSSR count). The minimum atomic E-state index is -0.267. The quantitative estimate of drug-likeness (QED) is 0.848. The molecule has 126 valence electrons. The Morgan fingerprint density at radius 2 is 2.26 bits per heavy atom. The second-order valence-electron chi connectivity index (χ2n) is 6.15. The van der Waals surface area contributed by atoms with Crippen molar-refractivity contribution in [2.75, 3.05) is 26.2 Å². The highest BCUT2D eigenvalue weighted by Crippen LogP contribution is 2.28. The highest BCUT2D eigenvalue weighted by Gasteiger charge is 2.37. The first-order chi connectivity index (χ1) is 11.2. The maximum atomic E-state index is 12.9. The number of morpholine rings is 1. The molecule has 2 amide bonds. The zero-order valence-corrected chi connectivity index (χ0v) is 14.4. The minimum Gasteiger partial charge on any atom is -0.369 e. The number of likely N-dealkylation sites (tertiary alicyclic amines) is 1. The van der Waals surface area contributed by atoms with Crippen LogP contribution in [0, 0.1) is 0 Å². The largest absolute Gasteiger partial charge is 0.369 e. The first kappa shape index (κ1) is 16.5. The fourth-order valence-electron chi connectivity index (χ4n) is 3.39. The number of ether oxygens (including phenoxy) is 1.